The molecule has 2 rings (SSSR count). The van der Waals surface area contributed by atoms with Gasteiger partial charge < -0.3 is 19.7 Å². The Hall–Kier alpha value is -1.26. The van der Waals surface area contributed by atoms with E-state index in [9.17, 15) is 0 Å². The number of fused-ring (bicyclic) bond motifs is 1. The molecule has 1 unspecified atom stereocenters. The normalized spacial score (nSPS) is 15.3. The minimum atomic E-state index is 0.314. The van der Waals surface area contributed by atoms with Crippen LogP contribution in [0.5, 0.6) is 11.5 Å². The second-order valence-electron chi connectivity index (χ2n) is 4.31. The first-order valence-corrected chi connectivity index (χ1v) is 6.00. The zero-order chi connectivity index (χ0) is 12.3. The largest absolute Gasteiger partial charge is 0.454 e. The van der Waals surface area contributed by atoms with Gasteiger partial charge in [0, 0.05) is 12.6 Å². The Morgan fingerprint density at radius 2 is 2.12 bits per heavy atom. The minimum absolute atomic E-state index is 0.314. The molecule has 1 N–H and O–H groups in total. The lowest BCUT2D eigenvalue weighted by Gasteiger charge is -2.23. The number of ether oxygens (including phenoxy) is 2. The van der Waals surface area contributed by atoms with E-state index in [2.05, 4.69) is 36.3 Å². The minimum Gasteiger partial charge on any atom is -0.454 e. The van der Waals surface area contributed by atoms with Gasteiger partial charge in [-0.1, -0.05) is 13.0 Å². The van der Waals surface area contributed by atoms with Crippen LogP contribution in [0.3, 0.4) is 0 Å². The van der Waals surface area contributed by atoms with Crippen molar-refractivity contribution in [1.82, 2.24) is 10.2 Å². The van der Waals surface area contributed by atoms with Gasteiger partial charge in [0.2, 0.25) is 6.79 Å². The maximum absolute atomic E-state index is 5.40. The van der Waals surface area contributed by atoms with Crippen LogP contribution in [-0.4, -0.2) is 38.9 Å². The third-order valence-electron chi connectivity index (χ3n) is 3.18. The van der Waals surface area contributed by atoms with Crippen LogP contribution in [0.2, 0.25) is 0 Å². The van der Waals surface area contributed by atoms with Crippen LogP contribution < -0.4 is 14.8 Å². The molecule has 1 aliphatic rings. The standard InChI is InChI=1S/C13H20N2O2/c1-4-15(3)8-11(14-2)10-5-6-12-13(7-10)17-9-16-12/h5-7,11,14H,4,8-9H2,1-3H3. The van der Waals surface area contributed by atoms with Gasteiger partial charge in [0.15, 0.2) is 11.5 Å². The summed E-state index contributed by atoms with van der Waals surface area (Å²) < 4.78 is 10.7. The molecule has 0 aliphatic carbocycles. The highest BCUT2D eigenvalue weighted by molar-refractivity contribution is 5.45. The van der Waals surface area contributed by atoms with E-state index in [-0.39, 0.29) is 0 Å². The molecular weight excluding hydrogens is 216 g/mol. The highest BCUT2D eigenvalue weighted by atomic mass is 16.7. The topological polar surface area (TPSA) is 33.7 Å². The molecule has 4 nitrogen and oxygen atoms in total. The first-order valence-electron chi connectivity index (χ1n) is 6.00. The molecule has 0 spiro atoms. The summed E-state index contributed by atoms with van der Waals surface area (Å²) in [5, 5.41) is 3.34. The fourth-order valence-corrected chi connectivity index (χ4v) is 1.93. The van der Waals surface area contributed by atoms with E-state index < -0.39 is 0 Å². The Kier molecular flexibility index (Phi) is 3.86. The average Bonchev–Trinajstić information content (AvgIpc) is 2.82. The molecule has 0 aromatic heterocycles. The van der Waals surface area contributed by atoms with E-state index in [0.717, 1.165) is 24.6 Å². The van der Waals surface area contributed by atoms with Crippen molar-refractivity contribution in [2.24, 2.45) is 0 Å². The van der Waals surface area contributed by atoms with E-state index >= 15 is 0 Å². The second kappa shape index (κ2) is 5.38. The third kappa shape index (κ3) is 2.70. The van der Waals surface area contributed by atoms with Gasteiger partial charge in [-0.2, -0.15) is 0 Å². The Morgan fingerprint density at radius 1 is 1.35 bits per heavy atom. The van der Waals surface area contributed by atoms with E-state index in [1.807, 2.05) is 13.1 Å². The maximum atomic E-state index is 5.40. The van der Waals surface area contributed by atoms with E-state index in [4.69, 9.17) is 9.47 Å². The Labute approximate surface area is 103 Å². The maximum Gasteiger partial charge on any atom is 0.231 e. The Bertz CT molecular complexity index is 382. The number of hydrogen-bond acceptors (Lipinski definition) is 4. The highest BCUT2D eigenvalue weighted by Gasteiger charge is 2.17. The van der Waals surface area contributed by atoms with Gasteiger partial charge in [0.1, 0.15) is 0 Å². The zero-order valence-corrected chi connectivity index (χ0v) is 10.7. The predicted octanol–water partition coefficient (Wildman–Crippen LogP) is 1.63. The van der Waals surface area contributed by atoms with Crippen molar-refractivity contribution in [3.05, 3.63) is 23.8 Å². The van der Waals surface area contributed by atoms with Crippen molar-refractivity contribution in [1.29, 1.82) is 0 Å². The summed E-state index contributed by atoms with van der Waals surface area (Å²) in [5.74, 6) is 1.69. The first kappa shape index (κ1) is 12.2. The highest BCUT2D eigenvalue weighted by Crippen LogP contribution is 2.34. The van der Waals surface area contributed by atoms with Crippen LogP contribution in [0.1, 0.15) is 18.5 Å². The summed E-state index contributed by atoms with van der Waals surface area (Å²) >= 11 is 0. The predicted molar refractivity (Wildman–Crippen MR) is 67.5 cm³/mol. The van der Waals surface area contributed by atoms with Crippen LogP contribution in [0.15, 0.2) is 18.2 Å². The van der Waals surface area contributed by atoms with Crippen LogP contribution in [-0.2, 0) is 0 Å². The van der Waals surface area contributed by atoms with Gasteiger partial charge in [0.05, 0.1) is 0 Å². The van der Waals surface area contributed by atoms with Gasteiger partial charge in [-0.25, -0.2) is 0 Å². The van der Waals surface area contributed by atoms with Crippen LogP contribution in [0.25, 0.3) is 0 Å². The summed E-state index contributed by atoms with van der Waals surface area (Å²) in [6.45, 7) is 4.51. The molecule has 0 saturated carbocycles. The molecule has 0 amide bonds. The van der Waals surface area contributed by atoms with Gasteiger partial charge in [-0.3, -0.25) is 0 Å². The molecule has 1 aliphatic heterocycles. The lowest BCUT2D eigenvalue weighted by atomic mass is 10.1. The first-order chi connectivity index (χ1) is 8.24. The molecule has 1 aromatic carbocycles. The Balaban J connectivity index is 2.14. The fourth-order valence-electron chi connectivity index (χ4n) is 1.93. The third-order valence-corrected chi connectivity index (χ3v) is 3.18. The van der Waals surface area contributed by atoms with Gasteiger partial charge in [-0.15, -0.1) is 0 Å². The van der Waals surface area contributed by atoms with Crippen molar-refractivity contribution < 1.29 is 9.47 Å². The van der Waals surface area contributed by atoms with Crippen molar-refractivity contribution in [2.45, 2.75) is 13.0 Å². The monoisotopic (exact) mass is 236 g/mol. The number of nitrogens with one attached hydrogen (secondary N) is 1. The molecule has 94 valence electrons. The number of likely N-dealkylation sites (N-methyl/N-ethyl adjacent to an activating group) is 2. The number of rotatable bonds is 5. The summed E-state index contributed by atoms with van der Waals surface area (Å²) in [7, 11) is 4.11. The molecule has 0 saturated heterocycles. The molecule has 0 bridgehead atoms. The number of hydrogen-bond donors (Lipinski definition) is 1. The smallest absolute Gasteiger partial charge is 0.231 e. The van der Waals surface area contributed by atoms with Gasteiger partial charge in [0.25, 0.3) is 0 Å². The van der Waals surface area contributed by atoms with Gasteiger partial charge in [-0.05, 0) is 38.3 Å². The van der Waals surface area contributed by atoms with E-state index in [0.29, 0.717) is 12.8 Å². The molecule has 1 aromatic rings. The summed E-state index contributed by atoms with van der Waals surface area (Å²) in [6, 6.07) is 6.45. The molecule has 4 heteroatoms. The fraction of sp³-hybridized carbons (Fsp3) is 0.538. The molecular formula is C13H20N2O2. The molecule has 0 radical (unpaired) electrons. The lowest BCUT2D eigenvalue weighted by Crippen LogP contribution is -2.31. The Morgan fingerprint density at radius 3 is 2.82 bits per heavy atom. The van der Waals surface area contributed by atoms with Crippen LogP contribution in [0, 0.1) is 0 Å². The SMILES string of the molecule is CCN(C)CC(NC)c1ccc2c(c1)OCO2. The average molecular weight is 236 g/mol. The van der Waals surface area contributed by atoms with Crippen molar-refractivity contribution in [2.75, 3.05) is 34.0 Å². The lowest BCUT2D eigenvalue weighted by molar-refractivity contribution is 0.174. The van der Waals surface area contributed by atoms with Crippen molar-refractivity contribution in [3.63, 3.8) is 0 Å². The number of nitrogens with zero attached hydrogens (tertiary/aromatic N) is 1. The van der Waals surface area contributed by atoms with Crippen LogP contribution >= 0.6 is 0 Å². The van der Waals surface area contributed by atoms with Crippen molar-refractivity contribution >= 4 is 0 Å². The quantitative estimate of drug-likeness (QED) is 0.842. The zero-order valence-electron chi connectivity index (χ0n) is 10.7. The molecule has 1 atom stereocenters. The van der Waals surface area contributed by atoms with Crippen molar-refractivity contribution in [3.8, 4) is 11.5 Å². The summed E-state index contributed by atoms with van der Waals surface area (Å²) in [5.41, 5.74) is 1.23. The molecule has 0 fully saturated rings. The summed E-state index contributed by atoms with van der Waals surface area (Å²) in [6.07, 6.45) is 0. The molecule has 17 heavy (non-hydrogen) atoms. The second-order valence-corrected chi connectivity index (χ2v) is 4.31. The summed E-state index contributed by atoms with van der Waals surface area (Å²) in [4.78, 5) is 2.28. The van der Waals surface area contributed by atoms with Crippen LogP contribution in [0.4, 0.5) is 0 Å². The van der Waals surface area contributed by atoms with E-state index in [1.165, 1.54) is 5.56 Å². The van der Waals surface area contributed by atoms with Gasteiger partial charge >= 0.3 is 0 Å². The molecule has 1 heterocycles. The number of benzene rings is 1. The van der Waals surface area contributed by atoms with E-state index in [1.54, 1.807) is 0 Å².